The van der Waals surface area contributed by atoms with Crippen LogP contribution in [-0.4, -0.2) is 22.4 Å². The Labute approximate surface area is 349 Å². The van der Waals surface area contributed by atoms with Crippen LogP contribution in [0.25, 0.3) is 0 Å². The van der Waals surface area contributed by atoms with Gasteiger partial charge in [0.25, 0.3) is 0 Å². The zero-order valence-corrected chi connectivity index (χ0v) is 26.3. The van der Waals surface area contributed by atoms with Gasteiger partial charge in [-0.2, -0.15) is 15.8 Å². The van der Waals surface area contributed by atoms with Crippen molar-refractivity contribution in [3.63, 3.8) is 0 Å². The summed E-state index contributed by atoms with van der Waals surface area (Å²) in [6.07, 6.45) is 7.94. The van der Waals surface area contributed by atoms with Crippen molar-refractivity contribution in [3.05, 3.63) is 0 Å². The zero-order valence-electron chi connectivity index (χ0n) is 22.4. The van der Waals surface area contributed by atoms with E-state index < -0.39 is 11.4 Å². The third-order valence-corrected chi connectivity index (χ3v) is 3.45. The third kappa shape index (κ3) is 185. The van der Waals surface area contributed by atoms with E-state index >= 15 is 0 Å². The molecule has 0 heterocycles. The van der Waals surface area contributed by atoms with Gasteiger partial charge in [-0.3, -0.25) is 4.79 Å². The number of aliphatic carboxylic acids is 1. The van der Waals surface area contributed by atoms with Crippen molar-refractivity contribution >= 4 is 17.6 Å². The first kappa shape index (κ1) is 149. The van der Waals surface area contributed by atoms with E-state index in [-0.39, 0.29) is 172 Å². The largest absolute Gasteiger partial charge is 1.00 e. The molecule has 46 heavy (non-hydrogen) atoms. The van der Waals surface area contributed by atoms with E-state index in [1.807, 2.05) is 20.8 Å². The van der Waals surface area contributed by atoms with Crippen LogP contribution in [0.15, 0.2) is 0 Å². The van der Waals surface area contributed by atoms with Crippen LogP contribution in [0.3, 0.4) is 0 Å². The minimum Gasteiger partial charge on any atom is -0.870 e. The van der Waals surface area contributed by atoms with E-state index in [1.165, 1.54) is 6.42 Å². The molecule has 0 bridgehead atoms. The molecule has 8 heteroatoms. The summed E-state index contributed by atoms with van der Waals surface area (Å²) < 4.78 is 0. The fraction of sp³-hybridized carbons (Fsp3) is 0.895. The molecule has 0 rings (SSSR count). The molecule has 0 saturated carbocycles. The Kier molecular flexibility index (Phi) is 389. The van der Waals surface area contributed by atoms with Gasteiger partial charge in [0, 0.05) is 6.42 Å². The second-order valence-corrected chi connectivity index (χ2v) is 8.21. The Morgan fingerprint density at radius 2 is 0.891 bits per heavy atom. The first-order valence-electron chi connectivity index (χ1n) is 10.8. The monoisotopic (exact) mass is 724 g/mol. The molecule has 296 valence electrons. The quantitative estimate of drug-likeness (QED) is 0.157. The van der Waals surface area contributed by atoms with E-state index in [0.717, 1.165) is 44.9 Å². The van der Waals surface area contributed by atoms with Crippen LogP contribution >= 0.6 is 11.6 Å². The maximum absolute atomic E-state index is 10.4. The van der Waals surface area contributed by atoms with E-state index in [9.17, 15) is 4.79 Å². The molecule has 0 aliphatic heterocycles. The number of rotatable bonds is 7. The van der Waals surface area contributed by atoms with E-state index in [0.29, 0.717) is 0 Å². The summed E-state index contributed by atoms with van der Waals surface area (Å²) in [5.41, 5.74) is -0.635. The molecule has 0 amide bonds. The fourth-order valence-corrected chi connectivity index (χ4v) is 1.67. The Morgan fingerprint density at radius 1 is 0.630 bits per heavy atom. The standard InChI is InChI=1S/C7H13N.C7H14O2.C5H9N.C3H8.C2H2ClN.14CH4.K.H2O/c1-4-5-7(2,3)6-8;1-4-5-7(2,3)6(8)9;1-2-3-4-5-6;1-3-2;3-1-2-4;;;;;;;;;;;;;;;;/h4-5H2,1-3H3;4-5H2,1-3H3,(H,8,9);2-4H2,1H3;3H2,1-2H3;1H2;14*1H4;;1H2/q;;;;;;;;;;;;;;;;;;;+1;/p-1. The van der Waals surface area contributed by atoms with Crippen molar-refractivity contribution in [3.8, 4) is 18.2 Å². The number of hydrogen-bond donors (Lipinski definition) is 1. The number of nitrogens with zero attached hydrogens (tertiary/aromatic N) is 3. The smallest absolute Gasteiger partial charge is 0.870 e. The molecule has 6 nitrogen and oxygen atoms in total. The predicted octanol–water partition coefficient (Wildman–Crippen LogP) is 13.8. The molecule has 0 spiro atoms. The summed E-state index contributed by atoms with van der Waals surface area (Å²) in [7, 11) is 0. The zero-order chi connectivity index (χ0) is 25.1. The van der Waals surface area contributed by atoms with Gasteiger partial charge in [0.05, 0.1) is 29.0 Å². The summed E-state index contributed by atoms with van der Waals surface area (Å²) in [4.78, 5) is 10.4. The third-order valence-electron chi connectivity index (χ3n) is 3.33. The molecule has 0 aromatic carbocycles. The van der Waals surface area contributed by atoms with Crippen molar-refractivity contribution in [1.82, 2.24) is 0 Å². The predicted molar refractivity (Wildman–Crippen MR) is 224 cm³/mol. The molecule has 0 fully saturated rings. The van der Waals surface area contributed by atoms with Gasteiger partial charge >= 0.3 is 57.4 Å². The Hall–Kier alpha value is -0.174. The molecule has 0 aliphatic rings. The van der Waals surface area contributed by atoms with Crippen molar-refractivity contribution in [2.75, 3.05) is 5.88 Å². The van der Waals surface area contributed by atoms with E-state index in [1.54, 1.807) is 19.9 Å². The van der Waals surface area contributed by atoms with E-state index in [2.05, 4.69) is 39.8 Å². The van der Waals surface area contributed by atoms with Gasteiger partial charge in [-0.25, -0.2) is 0 Å². The molecular weight excluding hydrogens is 621 g/mol. The summed E-state index contributed by atoms with van der Waals surface area (Å²) >= 11 is 4.82. The molecule has 0 aliphatic carbocycles. The maximum Gasteiger partial charge on any atom is 1.00 e. The van der Waals surface area contributed by atoms with Gasteiger partial charge in [-0.15, -0.1) is 11.6 Å². The molecule has 0 atom stereocenters. The molecule has 0 radical (unpaired) electrons. The number of halogens is 1. The first-order chi connectivity index (χ1) is 13.9. The first-order valence-corrected chi connectivity index (χ1v) is 11.4. The Bertz CT molecular complexity index is 499. The fourth-order valence-electron chi connectivity index (χ4n) is 1.67. The number of carboxylic acid groups (broad SMARTS) is 1. The minimum atomic E-state index is -0.704. The Balaban J connectivity index is -0.00000000847. The van der Waals surface area contributed by atoms with Crippen molar-refractivity contribution in [2.24, 2.45) is 10.8 Å². The van der Waals surface area contributed by atoms with Gasteiger partial charge in [0.15, 0.2) is 0 Å². The molecular formula is C38H103ClKN3O3. The summed E-state index contributed by atoms with van der Waals surface area (Å²) in [6.45, 7) is 17.9. The summed E-state index contributed by atoms with van der Waals surface area (Å²) in [5, 5.41) is 32.5. The van der Waals surface area contributed by atoms with Crippen LogP contribution in [0.1, 0.15) is 218 Å². The van der Waals surface area contributed by atoms with Gasteiger partial charge in [-0.1, -0.05) is 164 Å². The molecule has 0 aromatic heterocycles. The van der Waals surface area contributed by atoms with Crippen LogP contribution < -0.4 is 51.4 Å². The average molecular weight is 725 g/mol. The second-order valence-electron chi connectivity index (χ2n) is 7.95. The van der Waals surface area contributed by atoms with Crippen LogP contribution in [0.4, 0.5) is 0 Å². The van der Waals surface area contributed by atoms with Gasteiger partial charge in [0.2, 0.25) is 0 Å². The topological polar surface area (TPSA) is 139 Å². The minimum absolute atomic E-state index is 0. The van der Waals surface area contributed by atoms with Gasteiger partial charge < -0.3 is 10.6 Å². The number of nitriles is 3. The summed E-state index contributed by atoms with van der Waals surface area (Å²) in [5.74, 6) is -0.607. The molecule has 2 N–H and O–H groups in total. The number of carbonyl (C=O) groups is 1. The Morgan fingerprint density at radius 3 is 0.957 bits per heavy atom. The van der Waals surface area contributed by atoms with Crippen LogP contribution in [0, 0.1) is 44.8 Å². The van der Waals surface area contributed by atoms with Crippen molar-refractivity contribution in [2.45, 2.75) is 218 Å². The molecule has 0 saturated heterocycles. The average Bonchev–Trinajstić information content (AvgIpc) is 2.68. The SMILES string of the molecule is C.C.C.C.C.C.C.C.C.C.C.C.C.C.CCC.CCCC(C)(C)C#N.CCCC(C)(C)C(=O)O.CCCCC#N.N#CCCl.[K+].[OH-]. The van der Waals surface area contributed by atoms with Gasteiger partial charge in [-0.05, 0) is 47.0 Å². The molecule has 0 unspecified atom stereocenters. The van der Waals surface area contributed by atoms with Crippen molar-refractivity contribution in [1.29, 1.82) is 15.8 Å². The normalized spacial score (nSPS) is 5.89. The summed E-state index contributed by atoms with van der Waals surface area (Å²) in [6, 6.07) is 6.01. The number of unbranched alkanes of at least 4 members (excludes halogenated alkanes) is 2. The van der Waals surface area contributed by atoms with Crippen LogP contribution in [-0.2, 0) is 4.79 Å². The van der Waals surface area contributed by atoms with Crippen LogP contribution in [0.2, 0.25) is 0 Å². The van der Waals surface area contributed by atoms with Crippen LogP contribution in [0.5, 0.6) is 0 Å². The second kappa shape index (κ2) is 120. The van der Waals surface area contributed by atoms with Crippen molar-refractivity contribution < 1.29 is 66.8 Å². The number of carboxylic acids is 1. The van der Waals surface area contributed by atoms with E-state index in [4.69, 9.17) is 32.5 Å². The van der Waals surface area contributed by atoms with Gasteiger partial charge in [0.1, 0.15) is 5.88 Å². The molecule has 0 aromatic rings. The number of alkyl halides is 1. The maximum atomic E-state index is 10.4. The number of hydrogen-bond acceptors (Lipinski definition) is 5.